The molecule has 1 saturated heterocycles. The zero-order chi connectivity index (χ0) is 18.5. The summed E-state index contributed by atoms with van der Waals surface area (Å²) in [6, 6.07) is 19.4. The van der Waals surface area contributed by atoms with Gasteiger partial charge < -0.3 is 10.2 Å². The zero-order valence-corrected chi connectivity index (χ0v) is 15.0. The van der Waals surface area contributed by atoms with Gasteiger partial charge in [0.15, 0.2) is 5.82 Å². The topological polar surface area (TPSA) is 71.0 Å². The summed E-state index contributed by atoms with van der Waals surface area (Å²) >= 11 is 0. The summed E-state index contributed by atoms with van der Waals surface area (Å²) in [5, 5.41) is 11.6. The molecule has 0 radical (unpaired) electrons. The molecule has 0 bridgehead atoms. The number of nitrogens with zero attached hydrogens (tertiary/aromatic N) is 4. The Hall–Kier alpha value is -3.28. The molecule has 1 aliphatic heterocycles. The second-order valence-electron chi connectivity index (χ2n) is 6.63. The van der Waals surface area contributed by atoms with Crippen LogP contribution >= 0.6 is 0 Å². The van der Waals surface area contributed by atoms with Crippen molar-refractivity contribution in [1.29, 1.82) is 0 Å². The van der Waals surface area contributed by atoms with Gasteiger partial charge in [0.1, 0.15) is 5.82 Å². The van der Waals surface area contributed by atoms with Crippen molar-refractivity contribution in [2.75, 3.05) is 23.3 Å². The Morgan fingerprint density at radius 1 is 1.00 bits per heavy atom. The normalized spacial score (nSPS) is 16.7. The van der Waals surface area contributed by atoms with Gasteiger partial charge in [0.2, 0.25) is 5.91 Å². The summed E-state index contributed by atoms with van der Waals surface area (Å²) in [6.45, 7) is 1.52. The average Bonchev–Trinajstić information content (AvgIpc) is 2.75. The first kappa shape index (κ1) is 17.1. The molecule has 0 aliphatic carbocycles. The van der Waals surface area contributed by atoms with Crippen molar-refractivity contribution in [3.63, 3.8) is 0 Å². The van der Waals surface area contributed by atoms with Crippen molar-refractivity contribution in [1.82, 2.24) is 15.2 Å². The Morgan fingerprint density at radius 2 is 1.85 bits per heavy atom. The monoisotopic (exact) mass is 359 g/mol. The molecular weight excluding hydrogens is 338 g/mol. The van der Waals surface area contributed by atoms with Crippen molar-refractivity contribution >= 4 is 17.5 Å². The number of hydrogen-bond donors (Lipinski definition) is 1. The standard InChI is InChI=1S/C21H21N5O/c27-21(23-19-10-4-5-13-22-19)17-9-6-14-26(15-17)20-12-11-18(24-25-20)16-7-2-1-3-8-16/h1-5,7-8,10-13,17H,6,9,14-15H2,(H,22,23,27)/t17-/m1/s1. The summed E-state index contributed by atoms with van der Waals surface area (Å²) in [5.74, 6) is 1.32. The minimum Gasteiger partial charge on any atom is -0.354 e. The van der Waals surface area contributed by atoms with E-state index in [1.807, 2.05) is 54.6 Å². The van der Waals surface area contributed by atoms with Crippen molar-refractivity contribution in [3.05, 3.63) is 66.9 Å². The molecule has 0 saturated carbocycles. The molecule has 1 N–H and O–H groups in total. The third-order valence-corrected chi connectivity index (χ3v) is 4.75. The lowest BCUT2D eigenvalue weighted by Gasteiger charge is -2.32. The highest BCUT2D eigenvalue weighted by molar-refractivity contribution is 5.92. The van der Waals surface area contributed by atoms with Crippen LogP contribution in [-0.4, -0.2) is 34.2 Å². The lowest BCUT2D eigenvalue weighted by molar-refractivity contribution is -0.120. The molecule has 27 heavy (non-hydrogen) atoms. The van der Waals surface area contributed by atoms with Crippen LogP contribution in [-0.2, 0) is 4.79 Å². The molecule has 2 aromatic heterocycles. The van der Waals surface area contributed by atoms with Crippen LogP contribution in [0.15, 0.2) is 66.9 Å². The first-order valence-corrected chi connectivity index (χ1v) is 9.15. The fourth-order valence-electron chi connectivity index (χ4n) is 3.32. The second kappa shape index (κ2) is 7.95. The van der Waals surface area contributed by atoms with Gasteiger partial charge in [-0.05, 0) is 37.1 Å². The number of rotatable bonds is 4. The molecule has 1 aromatic carbocycles. The number of hydrogen-bond acceptors (Lipinski definition) is 5. The second-order valence-corrected chi connectivity index (χ2v) is 6.63. The summed E-state index contributed by atoms with van der Waals surface area (Å²) in [7, 11) is 0. The predicted octanol–water partition coefficient (Wildman–Crippen LogP) is 3.39. The van der Waals surface area contributed by atoms with E-state index in [4.69, 9.17) is 0 Å². The van der Waals surface area contributed by atoms with E-state index in [0.717, 1.165) is 36.5 Å². The lowest BCUT2D eigenvalue weighted by Crippen LogP contribution is -2.41. The van der Waals surface area contributed by atoms with Crippen LogP contribution in [0.25, 0.3) is 11.3 Å². The summed E-state index contributed by atoms with van der Waals surface area (Å²) in [4.78, 5) is 18.9. The molecule has 1 aliphatic rings. The molecule has 136 valence electrons. The van der Waals surface area contributed by atoms with Gasteiger partial charge in [-0.25, -0.2) is 4.98 Å². The number of carbonyl (C=O) groups excluding carboxylic acids is 1. The van der Waals surface area contributed by atoms with Crippen LogP contribution in [0.4, 0.5) is 11.6 Å². The van der Waals surface area contributed by atoms with Crippen LogP contribution < -0.4 is 10.2 Å². The highest BCUT2D eigenvalue weighted by atomic mass is 16.2. The Bertz CT molecular complexity index is 883. The number of amides is 1. The molecule has 1 amide bonds. The fraction of sp³-hybridized carbons (Fsp3) is 0.238. The van der Waals surface area contributed by atoms with Crippen LogP contribution in [0.3, 0.4) is 0 Å². The molecule has 0 spiro atoms. The Morgan fingerprint density at radius 3 is 2.59 bits per heavy atom. The molecule has 1 fully saturated rings. The summed E-state index contributed by atoms with van der Waals surface area (Å²) in [5.41, 5.74) is 1.89. The van der Waals surface area contributed by atoms with Crippen molar-refractivity contribution in [3.8, 4) is 11.3 Å². The van der Waals surface area contributed by atoms with Crippen LogP contribution in [0, 0.1) is 5.92 Å². The molecule has 6 heteroatoms. The summed E-state index contributed by atoms with van der Waals surface area (Å²) in [6.07, 6.45) is 3.49. The van der Waals surface area contributed by atoms with Gasteiger partial charge >= 0.3 is 0 Å². The van der Waals surface area contributed by atoms with E-state index in [-0.39, 0.29) is 11.8 Å². The first-order chi connectivity index (χ1) is 13.3. The Kier molecular flexibility index (Phi) is 5.05. The lowest BCUT2D eigenvalue weighted by atomic mass is 9.97. The maximum atomic E-state index is 12.6. The largest absolute Gasteiger partial charge is 0.354 e. The van der Waals surface area contributed by atoms with E-state index in [1.165, 1.54) is 0 Å². The number of anilines is 2. The van der Waals surface area contributed by atoms with Gasteiger partial charge in [0, 0.05) is 24.8 Å². The van der Waals surface area contributed by atoms with Gasteiger partial charge in [0.05, 0.1) is 11.6 Å². The minimum atomic E-state index is -0.0867. The third kappa shape index (κ3) is 4.11. The number of pyridine rings is 1. The fourth-order valence-corrected chi connectivity index (χ4v) is 3.32. The molecule has 3 heterocycles. The van der Waals surface area contributed by atoms with E-state index in [1.54, 1.807) is 12.3 Å². The van der Waals surface area contributed by atoms with Crippen molar-refractivity contribution in [2.24, 2.45) is 5.92 Å². The quantitative estimate of drug-likeness (QED) is 0.773. The Balaban J connectivity index is 1.43. The van der Waals surface area contributed by atoms with Gasteiger partial charge in [0.25, 0.3) is 0 Å². The van der Waals surface area contributed by atoms with Crippen LogP contribution in [0.5, 0.6) is 0 Å². The van der Waals surface area contributed by atoms with Gasteiger partial charge in [-0.3, -0.25) is 4.79 Å². The molecular formula is C21H21N5O. The minimum absolute atomic E-state index is 0.00673. The van der Waals surface area contributed by atoms with E-state index < -0.39 is 0 Å². The molecule has 0 unspecified atom stereocenters. The van der Waals surface area contributed by atoms with Gasteiger partial charge in [-0.15, -0.1) is 10.2 Å². The van der Waals surface area contributed by atoms with Crippen molar-refractivity contribution in [2.45, 2.75) is 12.8 Å². The number of benzene rings is 1. The highest BCUT2D eigenvalue weighted by Gasteiger charge is 2.27. The highest BCUT2D eigenvalue weighted by Crippen LogP contribution is 2.24. The van der Waals surface area contributed by atoms with Crippen LogP contribution in [0.2, 0.25) is 0 Å². The number of piperidine rings is 1. The van der Waals surface area contributed by atoms with E-state index in [9.17, 15) is 4.79 Å². The molecule has 6 nitrogen and oxygen atoms in total. The Labute approximate surface area is 158 Å². The summed E-state index contributed by atoms with van der Waals surface area (Å²) < 4.78 is 0. The maximum absolute atomic E-state index is 12.6. The first-order valence-electron chi connectivity index (χ1n) is 9.15. The van der Waals surface area contributed by atoms with Crippen molar-refractivity contribution < 1.29 is 4.79 Å². The molecule has 1 atom stereocenters. The number of nitrogens with one attached hydrogen (secondary N) is 1. The predicted molar refractivity (Wildman–Crippen MR) is 105 cm³/mol. The SMILES string of the molecule is O=C(Nc1ccccn1)[C@@H]1CCCN(c2ccc(-c3ccccc3)nn2)C1. The maximum Gasteiger partial charge on any atom is 0.230 e. The smallest absolute Gasteiger partial charge is 0.230 e. The average molecular weight is 359 g/mol. The van der Waals surface area contributed by atoms with Gasteiger partial charge in [-0.2, -0.15) is 0 Å². The zero-order valence-electron chi connectivity index (χ0n) is 15.0. The van der Waals surface area contributed by atoms with E-state index in [0.29, 0.717) is 12.4 Å². The third-order valence-electron chi connectivity index (χ3n) is 4.75. The van der Waals surface area contributed by atoms with E-state index in [2.05, 4.69) is 25.4 Å². The number of aromatic nitrogens is 3. The van der Waals surface area contributed by atoms with Gasteiger partial charge in [-0.1, -0.05) is 36.4 Å². The van der Waals surface area contributed by atoms with E-state index >= 15 is 0 Å². The number of carbonyl (C=O) groups is 1. The van der Waals surface area contributed by atoms with Crippen LogP contribution in [0.1, 0.15) is 12.8 Å². The molecule has 4 rings (SSSR count). The molecule has 3 aromatic rings.